The first-order valence-corrected chi connectivity index (χ1v) is 8.84. The summed E-state index contributed by atoms with van der Waals surface area (Å²) in [6.07, 6.45) is 1.54. The van der Waals surface area contributed by atoms with Gasteiger partial charge in [0, 0.05) is 57.5 Å². The van der Waals surface area contributed by atoms with Crippen LogP contribution in [0.25, 0.3) is 0 Å². The number of piperazine rings is 2. The number of hydrogen-bond acceptors (Lipinski definition) is 6. The highest BCUT2D eigenvalue weighted by Gasteiger charge is 2.34. The van der Waals surface area contributed by atoms with Crippen molar-refractivity contribution in [3.63, 3.8) is 0 Å². The van der Waals surface area contributed by atoms with Gasteiger partial charge in [0.25, 0.3) is 0 Å². The molecule has 0 aliphatic carbocycles. The highest BCUT2D eigenvalue weighted by molar-refractivity contribution is 6.35. The summed E-state index contributed by atoms with van der Waals surface area (Å²) in [7, 11) is 0. The van der Waals surface area contributed by atoms with Crippen LogP contribution in [-0.2, 0) is 9.59 Å². The van der Waals surface area contributed by atoms with Crippen molar-refractivity contribution in [2.75, 3.05) is 50.7 Å². The minimum absolute atomic E-state index is 0.172. The molecule has 138 valence electrons. The Hall–Kier alpha value is -2.66. The zero-order chi connectivity index (χ0) is 18.7. The zero-order valence-electron chi connectivity index (χ0n) is 15.2. The van der Waals surface area contributed by atoms with Crippen LogP contribution in [0, 0.1) is 11.3 Å². The van der Waals surface area contributed by atoms with E-state index in [1.807, 2.05) is 26.0 Å². The van der Waals surface area contributed by atoms with Crippen molar-refractivity contribution in [2.45, 2.75) is 19.4 Å². The molecular formula is C18H24N6O2. The molecule has 1 aromatic rings. The van der Waals surface area contributed by atoms with Crippen LogP contribution in [0.4, 0.5) is 5.82 Å². The van der Waals surface area contributed by atoms with Gasteiger partial charge in [-0.2, -0.15) is 5.26 Å². The number of nitrogens with zero attached hydrogens (tertiary/aromatic N) is 5. The molecule has 2 saturated heterocycles. The molecule has 3 heterocycles. The molecule has 1 N–H and O–H groups in total. The lowest BCUT2D eigenvalue weighted by molar-refractivity contribution is -0.153. The Labute approximate surface area is 153 Å². The molecule has 2 aliphatic heterocycles. The van der Waals surface area contributed by atoms with Gasteiger partial charge in [-0.1, -0.05) is 0 Å². The molecule has 2 amide bonds. The van der Waals surface area contributed by atoms with E-state index >= 15 is 0 Å². The van der Waals surface area contributed by atoms with Gasteiger partial charge in [-0.3, -0.25) is 9.59 Å². The monoisotopic (exact) mass is 356 g/mol. The van der Waals surface area contributed by atoms with Crippen LogP contribution in [0.5, 0.6) is 0 Å². The molecule has 0 bridgehead atoms. The maximum atomic E-state index is 12.6. The van der Waals surface area contributed by atoms with E-state index in [0.29, 0.717) is 51.4 Å². The summed E-state index contributed by atoms with van der Waals surface area (Å²) in [5.41, 5.74) is 0.348. The van der Waals surface area contributed by atoms with Crippen molar-refractivity contribution in [2.24, 2.45) is 0 Å². The molecular weight excluding hydrogens is 332 g/mol. The maximum absolute atomic E-state index is 12.6. The molecule has 8 nitrogen and oxygen atoms in total. The van der Waals surface area contributed by atoms with Crippen LogP contribution in [-0.4, -0.2) is 78.0 Å². The third kappa shape index (κ3) is 3.94. The van der Waals surface area contributed by atoms with E-state index in [4.69, 9.17) is 5.26 Å². The number of rotatable bonds is 1. The molecule has 0 saturated carbocycles. The van der Waals surface area contributed by atoms with Gasteiger partial charge in [0.15, 0.2) is 0 Å². The largest absolute Gasteiger partial charge is 0.353 e. The fourth-order valence-electron chi connectivity index (χ4n) is 3.36. The number of pyridine rings is 1. The number of aromatic nitrogens is 1. The second-order valence-corrected chi connectivity index (χ2v) is 7.33. The van der Waals surface area contributed by atoms with Crippen LogP contribution < -0.4 is 10.2 Å². The summed E-state index contributed by atoms with van der Waals surface area (Å²) in [6, 6.07) is 5.59. The lowest BCUT2D eigenvalue weighted by Crippen LogP contribution is -2.61. The van der Waals surface area contributed by atoms with E-state index in [1.165, 1.54) is 0 Å². The van der Waals surface area contributed by atoms with Gasteiger partial charge >= 0.3 is 11.8 Å². The first-order valence-electron chi connectivity index (χ1n) is 8.84. The summed E-state index contributed by atoms with van der Waals surface area (Å²) >= 11 is 0. The van der Waals surface area contributed by atoms with E-state index in [0.717, 1.165) is 5.82 Å². The molecule has 26 heavy (non-hydrogen) atoms. The van der Waals surface area contributed by atoms with Gasteiger partial charge in [-0.05, 0) is 26.0 Å². The number of anilines is 1. The topological polar surface area (TPSA) is 92.6 Å². The SMILES string of the molecule is CC1(C)CN(C(=O)C(=O)N2CCN(c3ccc(C#N)cn3)CC2)CCN1. The summed E-state index contributed by atoms with van der Waals surface area (Å²) in [4.78, 5) is 34.7. The Balaban J connectivity index is 1.56. The molecule has 2 fully saturated rings. The Kier molecular flexibility index (Phi) is 5.09. The maximum Gasteiger partial charge on any atom is 0.312 e. The molecule has 0 unspecified atom stereocenters. The summed E-state index contributed by atoms with van der Waals surface area (Å²) in [5.74, 6) is -0.0501. The molecule has 8 heteroatoms. The normalized spacial score (nSPS) is 19.8. The van der Waals surface area contributed by atoms with Crippen molar-refractivity contribution in [1.29, 1.82) is 5.26 Å². The van der Waals surface area contributed by atoms with Crippen molar-refractivity contribution in [1.82, 2.24) is 20.1 Å². The quantitative estimate of drug-likeness (QED) is 0.702. The van der Waals surface area contributed by atoms with E-state index in [2.05, 4.69) is 15.2 Å². The van der Waals surface area contributed by atoms with Gasteiger partial charge < -0.3 is 20.0 Å². The smallest absolute Gasteiger partial charge is 0.312 e. The van der Waals surface area contributed by atoms with Gasteiger partial charge in [0.2, 0.25) is 0 Å². The predicted molar refractivity (Wildman–Crippen MR) is 96.4 cm³/mol. The minimum atomic E-state index is -0.421. The molecule has 0 aromatic carbocycles. The lowest BCUT2D eigenvalue weighted by Gasteiger charge is -2.40. The lowest BCUT2D eigenvalue weighted by atomic mass is 10.0. The van der Waals surface area contributed by atoms with Crippen LogP contribution in [0.15, 0.2) is 18.3 Å². The number of amides is 2. The second-order valence-electron chi connectivity index (χ2n) is 7.33. The van der Waals surface area contributed by atoms with Gasteiger partial charge in [0.05, 0.1) is 5.56 Å². The predicted octanol–water partition coefficient (Wildman–Crippen LogP) is -0.188. The number of nitrogens with one attached hydrogen (secondary N) is 1. The summed E-state index contributed by atoms with van der Waals surface area (Å²) in [6.45, 7) is 8.06. The number of nitriles is 1. The highest BCUT2D eigenvalue weighted by atomic mass is 16.2. The third-order valence-electron chi connectivity index (χ3n) is 4.81. The minimum Gasteiger partial charge on any atom is -0.353 e. The Morgan fingerprint density at radius 1 is 1.12 bits per heavy atom. The molecule has 0 radical (unpaired) electrons. The molecule has 0 spiro atoms. The van der Waals surface area contributed by atoms with E-state index in [1.54, 1.807) is 22.1 Å². The molecule has 3 rings (SSSR count). The van der Waals surface area contributed by atoms with E-state index in [-0.39, 0.29) is 5.54 Å². The van der Waals surface area contributed by atoms with Crippen molar-refractivity contribution in [3.05, 3.63) is 23.9 Å². The number of carbonyl (C=O) groups excluding carboxylic acids is 2. The van der Waals surface area contributed by atoms with Gasteiger partial charge in [-0.15, -0.1) is 0 Å². The van der Waals surface area contributed by atoms with Crippen molar-refractivity contribution < 1.29 is 9.59 Å². The first-order chi connectivity index (χ1) is 12.4. The molecule has 1 aromatic heterocycles. The number of hydrogen-bond donors (Lipinski definition) is 1. The average molecular weight is 356 g/mol. The van der Waals surface area contributed by atoms with Crippen LogP contribution in [0.1, 0.15) is 19.4 Å². The third-order valence-corrected chi connectivity index (χ3v) is 4.81. The standard InChI is InChI=1S/C18H24N6O2/c1-18(2)13-24(6-5-21-18)17(26)16(25)23-9-7-22(8-10-23)15-4-3-14(11-19)12-20-15/h3-4,12,21H,5-10,13H2,1-2H3. The van der Waals surface area contributed by atoms with Crippen LogP contribution in [0.2, 0.25) is 0 Å². The average Bonchev–Trinajstić information content (AvgIpc) is 2.66. The van der Waals surface area contributed by atoms with E-state index < -0.39 is 11.8 Å². The molecule has 2 aliphatic rings. The van der Waals surface area contributed by atoms with Gasteiger partial charge in [-0.25, -0.2) is 4.98 Å². The number of carbonyl (C=O) groups is 2. The highest BCUT2D eigenvalue weighted by Crippen LogP contribution is 2.15. The first kappa shape index (κ1) is 18.1. The fourth-order valence-corrected chi connectivity index (χ4v) is 3.36. The van der Waals surface area contributed by atoms with Crippen LogP contribution in [0.3, 0.4) is 0 Å². The summed E-state index contributed by atoms with van der Waals surface area (Å²) < 4.78 is 0. The second kappa shape index (κ2) is 7.30. The molecule has 0 atom stereocenters. The van der Waals surface area contributed by atoms with Crippen LogP contribution >= 0.6 is 0 Å². The Morgan fingerprint density at radius 3 is 2.38 bits per heavy atom. The summed E-state index contributed by atoms with van der Waals surface area (Å²) in [5, 5.41) is 12.2. The van der Waals surface area contributed by atoms with Gasteiger partial charge in [0.1, 0.15) is 11.9 Å². The van der Waals surface area contributed by atoms with E-state index in [9.17, 15) is 9.59 Å². The Bertz CT molecular complexity index is 716. The Morgan fingerprint density at radius 2 is 1.81 bits per heavy atom. The van der Waals surface area contributed by atoms with Crippen molar-refractivity contribution >= 4 is 17.6 Å². The zero-order valence-corrected chi connectivity index (χ0v) is 15.2. The van der Waals surface area contributed by atoms with Crippen molar-refractivity contribution in [3.8, 4) is 6.07 Å². The fraction of sp³-hybridized carbons (Fsp3) is 0.556.